The van der Waals surface area contributed by atoms with Gasteiger partial charge in [-0.25, -0.2) is 13.8 Å². The standard InChI is InChI=1S/C11H9ClF5NO2/c1-2-20-7(19)4-5-3-6(12)18-9(10(13)14)8(5)11(15,16)17/h3,10H,2,4H2,1H3. The smallest absolute Gasteiger partial charge is 0.418 e. The predicted molar refractivity (Wildman–Crippen MR) is 59.5 cm³/mol. The molecule has 0 spiro atoms. The summed E-state index contributed by atoms with van der Waals surface area (Å²) >= 11 is 5.41. The largest absolute Gasteiger partial charge is 0.466 e. The van der Waals surface area contributed by atoms with Gasteiger partial charge >= 0.3 is 12.1 Å². The molecule has 0 aliphatic rings. The fourth-order valence-electron chi connectivity index (χ4n) is 1.58. The van der Waals surface area contributed by atoms with Gasteiger partial charge in [0, 0.05) is 0 Å². The second-order valence-corrected chi connectivity index (χ2v) is 4.03. The highest BCUT2D eigenvalue weighted by Crippen LogP contribution is 2.39. The SMILES string of the molecule is CCOC(=O)Cc1cc(Cl)nc(C(F)F)c1C(F)(F)F. The van der Waals surface area contributed by atoms with Crippen LogP contribution in [0.1, 0.15) is 30.2 Å². The average Bonchev–Trinajstić information content (AvgIpc) is 2.26. The highest BCUT2D eigenvalue weighted by Gasteiger charge is 2.40. The van der Waals surface area contributed by atoms with Gasteiger partial charge in [0.2, 0.25) is 0 Å². The number of rotatable bonds is 4. The molecule has 0 radical (unpaired) electrons. The van der Waals surface area contributed by atoms with Crippen molar-refractivity contribution in [2.24, 2.45) is 0 Å². The first kappa shape index (κ1) is 16.6. The van der Waals surface area contributed by atoms with Crippen LogP contribution in [0.4, 0.5) is 22.0 Å². The molecule has 0 saturated heterocycles. The topological polar surface area (TPSA) is 39.2 Å². The third kappa shape index (κ3) is 4.03. The van der Waals surface area contributed by atoms with Crippen molar-refractivity contribution in [3.05, 3.63) is 28.0 Å². The molecule has 0 saturated carbocycles. The van der Waals surface area contributed by atoms with E-state index in [-0.39, 0.29) is 6.61 Å². The second-order valence-electron chi connectivity index (χ2n) is 3.64. The Hall–Kier alpha value is -1.44. The van der Waals surface area contributed by atoms with E-state index in [0.29, 0.717) is 0 Å². The van der Waals surface area contributed by atoms with Gasteiger partial charge in [-0.15, -0.1) is 0 Å². The number of pyridine rings is 1. The first-order valence-electron chi connectivity index (χ1n) is 5.37. The van der Waals surface area contributed by atoms with Gasteiger partial charge in [0.15, 0.2) is 0 Å². The van der Waals surface area contributed by atoms with E-state index in [1.54, 1.807) is 0 Å². The van der Waals surface area contributed by atoms with Crippen LogP contribution in [0.15, 0.2) is 6.07 Å². The molecule has 0 atom stereocenters. The Morgan fingerprint density at radius 3 is 2.50 bits per heavy atom. The molecule has 0 unspecified atom stereocenters. The van der Waals surface area contributed by atoms with Crippen molar-refractivity contribution in [3.63, 3.8) is 0 Å². The summed E-state index contributed by atoms with van der Waals surface area (Å²) in [6.07, 6.45) is -9.36. The highest BCUT2D eigenvalue weighted by molar-refractivity contribution is 6.29. The van der Waals surface area contributed by atoms with Crippen LogP contribution in [0, 0.1) is 0 Å². The number of aromatic nitrogens is 1. The fraction of sp³-hybridized carbons (Fsp3) is 0.455. The molecule has 0 aliphatic carbocycles. The lowest BCUT2D eigenvalue weighted by atomic mass is 10.0. The minimum atomic E-state index is -5.08. The monoisotopic (exact) mass is 317 g/mol. The molecule has 9 heteroatoms. The van der Waals surface area contributed by atoms with Crippen LogP contribution < -0.4 is 0 Å². The lowest BCUT2D eigenvalue weighted by Gasteiger charge is -2.16. The van der Waals surface area contributed by atoms with Crippen molar-refractivity contribution in [3.8, 4) is 0 Å². The first-order chi connectivity index (χ1) is 9.16. The van der Waals surface area contributed by atoms with Crippen LogP contribution in [0.3, 0.4) is 0 Å². The maximum absolute atomic E-state index is 12.9. The second kappa shape index (κ2) is 6.34. The Balaban J connectivity index is 3.37. The van der Waals surface area contributed by atoms with E-state index in [0.717, 1.165) is 6.07 Å². The lowest BCUT2D eigenvalue weighted by Crippen LogP contribution is -2.18. The first-order valence-corrected chi connectivity index (χ1v) is 5.74. The van der Waals surface area contributed by atoms with Crippen molar-refractivity contribution in [1.29, 1.82) is 0 Å². The number of ether oxygens (including phenoxy) is 1. The van der Waals surface area contributed by atoms with Gasteiger partial charge in [0.05, 0.1) is 18.6 Å². The Bertz CT molecular complexity index is 504. The number of carbonyl (C=O) groups excluding carboxylic acids is 1. The normalized spacial score (nSPS) is 11.8. The number of esters is 1. The Labute approximate surface area is 115 Å². The number of hydrogen-bond acceptors (Lipinski definition) is 3. The van der Waals surface area contributed by atoms with Gasteiger partial charge in [0.1, 0.15) is 10.8 Å². The summed E-state index contributed by atoms with van der Waals surface area (Å²) in [6, 6.07) is 0.729. The maximum atomic E-state index is 12.9. The highest BCUT2D eigenvalue weighted by atomic mass is 35.5. The summed E-state index contributed by atoms with van der Waals surface area (Å²) in [6.45, 7) is 1.42. The number of carbonyl (C=O) groups is 1. The number of hydrogen-bond donors (Lipinski definition) is 0. The molecular weight excluding hydrogens is 309 g/mol. The lowest BCUT2D eigenvalue weighted by molar-refractivity contribution is -0.144. The number of halogens is 6. The van der Waals surface area contributed by atoms with Crippen molar-refractivity contribution in [2.45, 2.75) is 25.9 Å². The molecule has 112 valence electrons. The van der Waals surface area contributed by atoms with Crippen LogP contribution in [-0.4, -0.2) is 17.6 Å². The molecular formula is C11H9ClF5NO2. The summed E-state index contributed by atoms with van der Waals surface area (Å²) in [4.78, 5) is 14.2. The van der Waals surface area contributed by atoms with Gasteiger partial charge in [-0.3, -0.25) is 4.79 Å². The quantitative estimate of drug-likeness (QED) is 0.482. The van der Waals surface area contributed by atoms with Gasteiger partial charge in [-0.1, -0.05) is 11.6 Å². The molecule has 20 heavy (non-hydrogen) atoms. The maximum Gasteiger partial charge on any atom is 0.418 e. The molecule has 0 amide bonds. The van der Waals surface area contributed by atoms with Gasteiger partial charge in [-0.05, 0) is 18.6 Å². The molecule has 1 rings (SSSR count). The van der Waals surface area contributed by atoms with Crippen molar-refractivity contribution < 1.29 is 31.5 Å². The van der Waals surface area contributed by atoms with Gasteiger partial charge in [0.25, 0.3) is 6.43 Å². The molecule has 0 aliphatic heterocycles. The van der Waals surface area contributed by atoms with E-state index >= 15 is 0 Å². The van der Waals surface area contributed by atoms with Crippen LogP contribution in [-0.2, 0) is 22.1 Å². The molecule has 0 N–H and O–H groups in total. The van der Waals surface area contributed by atoms with Crippen LogP contribution in [0.25, 0.3) is 0 Å². The number of nitrogens with zero attached hydrogens (tertiary/aromatic N) is 1. The Kier molecular flexibility index (Phi) is 5.27. The summed E-state index contributed by atoms with van der Waals surface area (Å²) < 4.78 is 68.4. The zero-order valence-electron chi connectivity index (χ0n) is 10.1. The third-order valence-electron chi connectivity index (χ3n) is 2.23. The van der Waals surface area contributed by atoms with E-state index in [2.05, 4.69) is 9.72 Å². The van der Waals surface area contributed by atoms with Crippen LogP contribution >= 0.6 is 11.6 Å². The predicted octanol–water partition coefficient (Wildman–Crippen LogP) is 3.80. The van der Waals surface area contributed by atoms with Gasteiger partial charge in [-0.2, -0.15) is 13.2 Å². The van der Waals surface area contributed by atoms with Crippen molar-refractivity contribution in [2.75, 3.05) is 6.61 Å². The Morgan fingerprint density at radius 2 is 2.05 bits per heavy atom. The summed E-state index contributed by atoms with van der Waals surface area (Å²) in [7, 11) is 0. The molecule has 1 aromatic rings. The summed E-state index contributed by atoms with van der Waals surface area (Å²) in [5, 5.41) is -0.549. The van der Waals surface area contributed by atoms with Crippen LogP contribution in [0.5, 0.6) is 0 Å². The van der Waals surface area contributed by atoms with Crippen LogP contribution in [0.2, 0.25) is 5.15 Å². The van der Waals surface area contributed by atoms with Crippen molar-refractivity contribution in [1.82, 2.24) is 4.98 Å². The average molecular weight is 318 g/mol. The minimum absolute atomic E-state index is 0.0410. The molecule has 0 bridgehead atoms. The Morgan fingerprint density at radius 1 is 1.45 bits per heavy atom. The van der Waals surface area contributed by atoms with Crippen molar-refractivity contribution >= 4 is 17.6 Å². The summed E-state index contributed by atoms with van der Waals surface area (Å²) in [5.74, 6) is -0.972. The zero-order chi connectivity index (χ0) is 15.5. The van der Waals surface area contributed by atoms with E-state index in [9.17, 15) is 26.7 Å². The fourth-order valence-corrected chi connectivity index (χ4v) is 1.80. The van der Waals surface area contributed by atoms with E-state index in [1.165, 1.54) is 6.92 Å². The molecule has 0 fully saturated rings. The summed E-state index contributed by atoms with van der Waals surface area (Å²) in [5.41, 5.74) is -3.83. The number of alkyl halides is 5. The van der Waals surface area contributed by atoms with E-state index in [4.69, 9.17) is 11.6 Å². The molecule has 1 aromatic heterocycles. The molecule has 0 aromatic carbocycles. The molecule has 1 heterocycles. The zero-order valence-corrected chi connectivity index (χ0v) is 10.9. The third-order valence-corrected chi connectivity index (χ3v) is 2.42. The van der Waals surface area contributed by atoms with Gasteiger partial charge < -0.3 is 4.74 Å². The van der Waals surface area contributed by atoms with E-state index in [1.807, 2.05) is 0 Å². The molecule has 3 nitrogen and oxygen atoms in total. The van der Waals surface area contributed by atoms with E-state index < -0.39 is 47.0 Å². The minimum Gasteiger partial charge on any atom is -0.466 e.